The molecular weight excluding hydrogens is 425 g/mol. The Morgan fingerprint density at radius 3 is 2.93 bits per heavy atom. The minimum atomic E-state index is -0.737. The number of rotatable bonds is 5. The molecule has 2 heterocycles. The van der Waals surface area contributed by atoms with E-state index in [1.807, 2.05) is 12.3 Å². The lowest BCUT2D eigenvalue weighted by atomic mass is 9.93. The molecule has 0 spiro atoms. The summed E-state index contributed by atoms with van der Waals surface area (Å²) in [5.74, 6) is -0.306. The first-order valence-electron chi connectivity index (χ1n) is 10.2. The first-order chi connectivity index (χ1) is 14.4. The molecule has 0 saturated carbocycles. The van der Waals surface area contributed by atoms with E-state index in [1.165, 1.54) is 0 Å². The number of halogens is 2. The highest BCUT2D eigenvalue weighted by molar-refractivity contribution is 6.42. The number of likely N-dealkylation sites (tertiary alicyclic amines) is 1. The Morgan fingerprint density at radius 2 is 2.13 bits per heavy atom. The minimum absolute atomic E-state index is 0.0602. The Labute approximate surface area is 185 Å². The first kappa shape index (κ1) is 21.2. The standard InChI is InChI=1S/C21H25Cl2N5O2/c22-15-5-3-12(8-16(15)23)9-17(24)21(30)28-7-1-2-19(28)20(29)26-14-4-6-18-13(10-14)11-25-27-18/h3,5,8,11,14,17,19H,1-2,4,6-7,9-10,24H2,(H,25,27)(H,26,29)/t14?,17-,19+/m1/s1. The monoisotopic (exact) mass is 449 g/mol. The summed E-state index contributed by atoms with van der Waals surface area (Å²) in [6, 6.07) is 4.08. The summed E-state index contributed by atoms with van der Waals surface area (Å²) in [7, 11) is 0. The van der Waals surface area contributed by atoms with Gasteiger partial charge in [0, 0.05) is 18.3 Å². The number of hydrogen-bond donors (Lipinski definition) is 3. The van der Waals surface area contributed by atoms with Crippen LogP contribution < -0.4 is 11.1 Å². The number of hydrogen-bond acceptors (Lipinski definition) is 4. The van der Waals surface area contributed by atoms with Crippen molar-refractivity contribution in [3.8, 4) is 0 Å². The molecule has 1 unspecified atom stereocenters. The summed E-state index contributed by atoms with van der Waals surface area (Å²) < 4.78 is 0. The van der Waals surface area contributed by atoms with Gasteiger partial charge in [-0.3, -0.25) is 14.7 Å². The molecule has 0 bridgehead atoms. The van der Waals surface area contributed by atoms with Crippen molar-refractivity contribution < 1.29 is 9.59 Å². The van der Waals surface area contributed by atoms with Crippen molar-refractivity contribution in [2.45, 2.75) is 56.7 Å². The molecule has 4 rings (SSSR count). The summed E-state index contributed by atoms with van der Waals surface area (Å²) >= 11 is 12.0. The highest BCUT2D eigenvalue weighted by Gasteiger charge is 2.37. The number of nitrogens with two attached hydrogens (primary N) is 1. The molecule has 1 aliphatic carbocycles. The average molecular weight is 450 g/mol. The number of H-pyrrole nitrogens is 1. The smallest absolute Gasteiger partial charge is 0.243 e. The number of amides is 2. The predicted molar refractivity (Wildman–Crippen MR) is 115 cm³/mol. The number of nitrogens with one attached hydrogen (secondary N) is 2. The average Bonchev–Trinajstić information content (AvgIpc) is 3.39. The Balaban J connectivity index is 1.36. The quantitative estimate of drug-likeness (QED) is 0.650. The number of aromatic nitrogens is 2. The van der Waals surface area contributed by atoms with E-state index in [-0.39, 0.29) is 17.9 Å². The third-order valence-electron chi connectivity index (χ3n) is 5.96. The molecule has 1 fully saturated rings. The van der Waals surface area contributed by atoms with Crippen LogP contribution in [0.2, 0.25) is 10.0 Å². The van der Waals surface area contributed by atoms with E-state index < -0.39 is 12.1 Å². The van der Waals surface area contributed by atoms with E-state index in [4.69, 9.17) is 28.9 Å². The van der Waals surface area contributed by atoms with Crippen molar-refractivity contribution in [3.05, 3.63) is 51.3 Å². The molecule has 3 atom stereocenters. The van der Waals surface area contributed by atoms with Crippen LogP contribution >= 0.6 is 23.2 Å². The normalized spacial score (nSPS) is 21.9. The summed E-state index contributed by atoms with van der Waals surface area (Å²) in [4.78, 5) is 27.6. The van der Waals surface area contributed by atoms with Gasteiger partial charge < -0.3 is 16.0 Å². The second-order valence-corrected chi connectivity index (χ2v) is 8.89. The number of carbonyl (C=O) groups is 2. The highest BCUT2D eigenvalue weighted by atomic mass is 35.5. The van der Waals surface area contributed by atoms with Crippen LogP contribution in [0.4, 0.5) is 0 Å². The molecule has 7 nitrogen and oxygen atoms in total. The molecule has 4 N–H and O–H groups in total. The van der Waals surface area contributed by atoms with Crippen molar-refractivity contribution in [2.24, 2.45) is 5.73 Å². The summed E-state index contributed by atoms with van der Waals surface area (Å²) in [5, 5.41) is 11.1. The van der Waals surface area contributed by atoms with E-state index in [0.29, 0.717) is 29.4 Å². The number of nitrogens with zero attached hydrogens (tertiary/aromatic N) is 2. The maximum atomic E-state index is 13.0. The van der Waals surface area contributed by atoms with Gasteiger partial charge in [0.1, 0.15) is 6.04 Å². The zero-order valence-corrected chi connectivity index (χ0v) is 18.0. The minimum Gasteiger partial charge on any atom is -0.351 e. The maximum absolute atomic E-state index is 13.0. The second kappa shape index (κ2) is 8.96. The molecule has 1 aromatic carbocycles. The molecule has 2 aliphatic rings. The van der Waals surface area contributed by atoms with Crippen LogP contribution in [-0.2, 0) is 28.9 Å². The van der Waals surface area contributed by atoms with Crippen LogP contribution in [0.25, 0.3) is 0 Å². The molecular formula is C21H25Cl2N5O2. The molecule has 1 aromatic heterocycles. The number of carbonyl (C=O) groups excluding carboxylic acids is 2. The summed E-state index contributed by atoms with van der Waals surface area (Å²) in [6.45, 7) is 0.544. The molecule has 1 saturated heterocycles. The fraction of sp³-hybridized carbons (Fsp3) is 0.476. The zero-order chi connectivity index (χ0) is 21.3. The number of fused-ring (bicyclic) bond motifs is 1. The molecule has 0 radical (unpaired) electrons. The van der Waals surface area contributed by atoms with E-state index in [0.717, 1.165) is 42.5 Å². The van der Waals surface area contributed by atoms with Gasteiger partial charge in [-0.25, -0.2) is 0 Å². The third kappa shape index (κ3) is 4.48. The van der Waals surface area contributed by atoms with Gasteiger partial charge in [0.25, 0.3) is 0 Å². The van der Waals surface area contributed by atoms with Gasteiger partial charge in [-0.05, 0) is 61.8 Å². The SMILES string of the molecule is N[C@H](Cc1ccc(Cl)c(Cl)c1)C(=O)N1CCC[C@H]1C(=O)NC1CCc2[nH]ncc2C1. The predicted octanol–water partition coefficient (Wildman–Crippen LogP) is 2.25. The topological polar surface area (TPSA) is 104 Å². The van der Waals surface area contributed by atoms with Crippen molar-refractivity contribution in [1.82, 2.24) is 20.4 Å². The number of aromatic amines is 1. The Hall–Kier alpha value is -2.09. The third-order valence-corrected chi connectivity index (χ3v) is 6.70. The molecule has 2 amide bonds. The van der Waals surface area contributed by atoms with Gasteiger partial charge in [0.05, 0.1) is 22.3 Å². The molecule has 9 heteroatoms. The van der Waals surface area contributed by atoms with Gasteiger partial charge in [0.2, 0.25) is 11.8 Å². The lowest BCUT2D eigenvalue weighted by Gasteiger charge is -2.29. The van der Waals surface area contributed by atoms with Crippen LogP contribution in [0.5, 0.6) is 0 Å². The number of aryl methyl sites for hydroxylation is 1. The maximum Gasteiger partial charge on any atom is 0.243 e. The van der Waals surface area contributed by atoms with E-state index in [2.05, 4.69) is 15.5 Å². The summed E-state index contributed by atoms with van der Waals surface area (Å²) in [5.41, 5.74) is 9.32. The fourth-order valence-corrected chi connectivity index (χ4v) is 4.68. The van der Waals surface area contributed by atoms with Gasteiger partial charge in [-0.2, -0.15) is 5.10 Å². The molecule has 1 aliphatic heterocycles. The highest BCUT2D eigenvalue weighted by Crippen LogP contribution is 2.25. The zero-order valence-electron chi connectivity index (χ0n) is 16.5. The van der Waals surface area contributed by atoms with Crippen molar-refractivity contribution in [1.29, 1.82) is 0 Å². The largest absolute Gasteiger partial charge is 0.351 e. The second-order valence-electron chi connectivity index (χ2n) is 8.07. The Morgan fingerprint density at radius 1 is 1.30 bits per heavy atom. The first-order valence-corrected chi connectivity index (χ1v) is 11.0. The molecule has 160 valence electrons. The van der Waals surface area contributed by atoms with Crippen LogP contribution in [0, 0.1) is 0 Å². The molecule has 2 aromatic rings. The van der Waals surface area contributed by atoms with E-state index in [9.17, 15) is 9.59 Å². The lowest BCUT2D eigenvalue weighted by molar-refractivity contribution is -0.139. The summed E-state index contributed by atoms with van der Waals surface area (Å²) in [6.07, 6.45) is 6.09. The van der Waals surface area contributed by atoms with Gasteiger partial charge in [-0.1, -0.05) is 29.3 Å². The van der Waals surface area contributed by atoms with Gasteiger partial charge in [0.15, 0.2) is 0 Å². The van der Waals surface area contributed by atoms with Crippen molar-refractivity contribution in [2.75, 3.05) is 6.54 Å². The van der Waals surface area contributed by atoms with Crippen LogP contribution in [0.3, 0.4) is 0 Å². The van der Waals surface area contributed by atoms with E-state index >= 15 is 0 Å². The van der Waals surface area contributed by atoms with Crippen LogP contribution in [-0.4, -0.2) is 51.6 Å². The number of benzene rings is 1. The van der Waals surface area contributed by atoms with E-state index in [1.54, 1.807) is 17.0 Å². The van der Waals surface area contributed by atoms with Gasteiger partial charge in [-0.15, -0.1) is 0 Å². The van der Waals surface area contributed by atoms with Crippen molar-refractivity contribution in [3.63, 3.8) is 0 Å². The lowest BCUT2D eigenvalue weighted by Crippen LogP contribution is -2.53. The molecule has 30 heavy (non-hydrogen) atoms. The fourth-order valence-electron chi connectivity index (χ4n) is 4.36. The van der Waals surface area contributed by atoms with Crippen LogP contribution in [0.15, 0.2) is 24.4 Å². The van der Waals surface area contributed by atoms with Crippen LogP contribution in [0.1, 0.15) is 36.1 Å². The Bertz CT molecular complexity index is 947. The van der Waals surface area contributed by atoms with Gasteiger partial charge >= 0.3 is 0 Å². The van der Waals surface area contributed by atoms with Crippen molar-refractivity contribution >= 4 is 35.0 Å². The Kier molecular flexibility index (Phi) is 6.32.